The highest BCUT2D eigenvalue weighted by atomic mass is 16.8. The van der Waals surface area contributed by atoms with Gasteiger partial charge in [0, 0.05) is 6.42 Å². The lowest BCUT2D eigenvalue weighted by atomic mass is 9.96. The van der Waals surface area contributed by atoms with Crippen LogP contribution in [-0.2, 0) is 33.2 Å². The first-order valence-electron chi connectivity index (χ1n) is 41.2. The van der Waals surface area contributed by atoms with Crippen LogP contribution in [0.1, 0.15) is 316 Å². The fraction of sp³-hybridized carbons (Fsp3) is 0.843. The zero-order valence-electron chi connectivity index (χ0n) is 63.6. The quantitative estimate of drug-likeness (QED) is 0.0199. The maximum Gasteiger partial charge on any atom is 0.220 e. The van der Waals surface area contributed by atoms with E-state index in [1.807, 2.05) is 6.08 Å². The number of rotatable bonds is 65. The summed E-state index contributed by atoms with van der Waals surface area (Å²) >= 11 is 0. The maximum atomic E-state index is 13.5. The molecule has 594 valence electrons. The highest BCUT2D eigenvalue weighted by Gasteiger charge is 2.54. The molecule has 0 saturated carbocycles. The second-order valence-electron chi connectivity index (χ2n) is 29.2. The Morgan fingerprint density at radius 2 is 0.676 bits per heavy atom. The van der Waals surface area contributed by atoms with Crippen LogP contribution in [-0.4, -0.2) is 193 Å². The fourth-order valence-corrected chi connectivity index (χ4v) is 13.7. The number of allylic oxidation sites excluding steroid dienone is 11. The molecule has 3 aliphatic rings. The molecule has 3 heterocycles. The van der Waals surface area contributed by atoms with Crippen molar-refractivity contribution in [1.29, 1.82) is 0 Å². The Hall–Kier alpha value is -2.77. The van der Waals surface area contributed by atoms with Crippen LogP contribution in [0.15, 0.2) is 72.9 Å². The molecule has 0 bridgehead atoms. The van der Waals surface area contributed by atoms with Gasteiger partial charge >= 0.3 is 0 Å². The molecule has 17 unspecified atom stereocenters. The van der Waals surface area contributed by atoms with Crippen LogP contribution >= 0.6 is 0 Å². The first kappa shape index (κ1) is 93.4. The van der Waals surface area contributed by atoms with Gasteiger partial charge in [-0.2, -0.15) is 0 Å². The summed E-state index contributed by atoms with van der Waals surface area (Å²) in [7, 11) is 0. The molecule has 3 aliphatic heterocycles. The Morgan fingerprint density at radius 1 is 0.363 bits per heavy atom. The van der Waals surface area contributed by atoms with E-state index in [0.29, 0.717) is 6.42 Å². The van der Waals surface area contributed by atoms with Crippen molar-refractivity contribution in [3.8, 4) is 0 Å². The Balaban J connectivity index is 1.31. The third-order valence-electron chi connectivity index (χ3n) is 20.3. The number of nitrogens with one attached hydrogen (secondary N) is 1. The van der Waals surface area contributed by atoms with Gasteiger partial charge in [-0.1, -0.05) is 318 Å². The van der Waals surface area contributed by atoms with Gasteiger partial charge in [0.15, 0.2) is 18.9 Å². The average molecular weight is 1450 g/mol. The number of carbonyl (C=O) groups excluding carboxylic acids is 1. The molecule has 0 radical (unpaired) electrons. The molecular weight excluding hydrogens is 1300 g/mol. The van der Waals surface area contributed by atoms with Crippen LogP contribution in [0.2, 0.25) is 0 Å². The molecule has 0 aromatic rings. The number of carbonyl (C=O) groups is 1. The minimum absolute atomic E-state index is 0.245. The lowest BCUT2D eigenvalue weighted by Gasteiger charge is -2.48. The van der Waals surface area contributed by atoms with E-state index in [9.17, 15) is 61.0 Å². The summed E-state index contributed by atoms with van der Waals surface area (Å²) in [6, 6.07) is -0.974. The molecular formula is C83H149NO18. The van der Waals surface area contributed by atoms with Gasteiger partial charge in [0.05, 0.1) is 38.6 Å². The van der Waals surface area contributed by atoms with Crippen molar-refractivity contribution in [2.75, 3.05) is 26.4 Å². The third-order valence-corrected chi connectivity index (χ3v) is 20.3. The van der Waals surface area contributed by atoms with E-state index < -0.39 is 124 Å². The first-order valence-corrected chi connectivity index (χ1v) is 41.2. The summed E-state index contributed by atoms with van der Waals surface area (Å²) in [5.74, 6) is -0.271. The van der Waals surface area contributed by atoms with Gasteiger partial charge in [0.1, 0.15) is 73.2 Å². The monoisotopic (exact) mass is 1450 g/mol. The Morgan fingerprint density at radius 3 is 1.06 bits per heavy atom. The summed E-state index contributed by atoms with van der Waals surface area (Å²) in [5, 5.41) is 121. The van der Waals surface area contributed by atoms with Gasteiger partial charge in [-0.05, 0) is 64.2 Å². The molecule has 0 aromatic heterocycles. The summed E-state index contributed by atoms with van der Waals surface area (Å²) in [6.45, 7) is 1.65. The van der Waals surface area contributed by atoms with Crippen LogP contribution < -0.4 is 5.32 Å². The van der Waals surface area contributed by atoms with Crippen LogP contribution in [0.3, 0.4) is 0 Å². The van der Waals surface area contributed by atoms with E-state index in [0.717, 1.165) is 77.0 Å². The number of unbranched alkanes of at least 4 members (excludes halogenated alkanes) is 39. The molecule has 17 atom stereocenters. The number of aliphatic hydroxyl groups is 11. The summed E-state index contributed by atoms with van der Waals surface area (Å²) in [6.07, 6.45) is 56.2. The summed E-state index contributed by atoms with van der Waals surface area (Å²) in [4.78, 5) is 13.5. The van der Waals surface area contributed by atoms with Gasteiger partial charge < -0.3 is 89.9 Å². The molecule has 0 aromatic carbocycles. The highest BCUT2D eigenvalue weighted by molar-refractivity contribution is 5.76. The number of ether oxygens (including phenoxy) is 6. The van der Waals surface area contributed by atoms with Crippen LogP contribution in [0.5, 0.6) is 0 Å². The molecule has 19 heteroatoms. The summed E-state index contributed by atoms with van der Waals surface area (Å²) < 4.78 is 34.4. The van der Waals surface area contributed by atoms with Crippen molar-refractivity contribution in [3.05, 3.63) is 72.9 Å². The third kappa shape index (κ3) is 42.7. The van der Waals surface area contributed by atoms with Gasteiger partial charge in [-0.25, -0.2) is 0 Å². The van der Waals surface area contributed by atoms with Crippen molar-refractivity contribution in [1.82, 2.24) is 5.32 Å². The van der Waals surface area contributed by atoms with Crippen molar-refractivity contribution >= 4 is 5.91 Å². The molecule has 3 rings (SSSR count). The van der Waals surface area contributed by atoms with Gasteiger partial charge in [0.25, 0.3) is 0 Å². The van der Waals surface area contributed by atoms with Crippen LogP contribution in [0, 0.1) is 0 Å². The predicted molar refractivity (Wildman–Crippen MR) is 406 cm³/mol. The second kappa shape index (κ2) is 63.2. The highest BCUT2D eigenvalue weighted by Crippen LogP contribution is 2.33. The topological polar surface area (TPSA) is 307 Å². The molecule has 3 saturated heterocycles. The minimum atomic E-state index is -1.98. The van der Waals surface area contributed by atoms with E-state index in [2.05, 4.69) is 79.9 Å². The zero-order chi connectivity index (χ0) is 73.9. The number of amides is 1. The molecule has 0 aliphatic carbocycles. The second-order valence-corrected chi connectivity index (χ2v) is 29.2. The standard InChI is InChI=1S/C83H149NO18/c1-3-5-7-9-11-13-15-17-19-21-23-24-25-26-27-28-29-30-31-32-33-34-35-36-37-38-39-40-41-42-43-45-47-49-51-53-55-57-59-61-71(89)84-66(67(88)60-58-56-54-52-50-48-46-44-22-20-18-16-14-12-10-8-6-4-2)65-97-81-77(95)74(92)79(69(63-86)99-81)102-83-78(96)75(93)80(70(64-87)100-83)101-82-76(94)73(91)72(90)68(62-85)98-82/h5,7,11,13,17,19,23-24,26-27,58,60,66-70,72-83,85-88,90-96H,3-4,6,8-10,12,14-16,18,20-22,25,28-57,59,61-65H2,1-2H3,(H,84,89)/b7-5-,13-11-,19-17-,24-23-,27-26-,60-58+. The Labute approximate surface area is 617 Å². The van der Waals surface area contributed by atoms with E-state index in [-0.39, 0.29) is 18.9 Å². The van der Waals surface area contributed by atoms with Crippen molar-refractivity contribution in [2.45, 2.75) is 420 Å². The largest absolute Gasteiger partial charge is 0.394 e. The van der Waals surface area contributed by atoms with Crippen molar-refractivity contribution in [3.63, 3.8) is 0 Å². The van der Waals surface area contributed by atoms with Gasteiger partial charge in [-0.15, -0.1) is 0 Å². The van der Waals surface area contributed by atoms with E-state index in [1.165, 1.54) is 212 Å². The van der Waals surface area contributed by atoms with Crippen molar-refractivity contribution in [2.24, 2.45) is 0 Å². The van der Waals surface area contributed by atoms with Crippen molar-refractivity contribution < 1.29 is 89.4 Å². The molecule has 3 fully saturated rings. The van der Waals surface area contributed by atoms with Gasteiger partial charge in [-0.3, -0.25) is 4.79 Å². The molecule has 102 heavy (non-hydrogen) atoms. The Bertz CT molecular complexity index is 2120. The van der Waals surface area contributed by atoms with E-state index in [1.54, 1.807) is 6.08 Å². The van der Waals surface area contributed by atoms with E-state index >= 15 is 0 Å². The number of hydrogen-bond acceptors (Lipinski definition) is 18. The van der Waals surface area contributed by atoms with E-state index in [4.69, 9.17) is 28.4 Å². The van der Waals surface area contributed by atoms with Gasteiger partial charge in [0.2, 0.25) is 5.91 Å². The maximum absolute atomic E-state index is 13.5. The smallest absolute Gasteiger partial charge is 0.220 e. The minimum Gasteiger partial charge on any atom is -0.394 e. The van der Waals surface area contributed by atoms with Crippen LogP contribution in [0.4, 0.5) is 0 Å². The molecule has 12 N–H and O–H groups in total. The fourth-order valence-electron chi connectivity index (χ4n) is 13.7. The number of hydrogen-bond donors (Lipinski definition) is 12. The Kier molecular flexibility index (Phi) is 57.9. The molecule has 1 amide bonds. The average Bonchev–Trinajstić information content (AvgIpc) is 0.781. The van der Waals surface area contributed by atoms with Crippen LogP contribution in [0.25, 0.3) is 0 Å². The molecule has 19 nitrogen and oxygen atoms in total. The lowest BCUT2D eigenvalue weighted by Crippen LogP contribution is -2.66. The summed E-state index contributed by atoms with van der Waals surface area (Å²) in [5.41, 5.74) is 0. The zero-order valence-corrected chi connectivity index (χ0v) is 63.6. The normalized spacial score (nSPS) is 26.5. The predicted octanol–water partition coefficient (Wildman–Crippen LogP) is 14.0. The number of aliphatic hydroxyl groups excluding tert-OH is 11. The lowest BCUT2D eigenvalue weighted by molar-refractivity contribution is -0.379. The first-order chi connectivity index (χ1) is 49.8. The molecule has 0 spiro atoms. The SMILES string of the molecule is CC/C=C\C/C=C\C/C=C\C/C=C\C/C=C\CCCCCCCCCCCCCCCCCCCCCCCCCC(=O)NC(COC1OC(CO)C(OC2OC(CO)C(OC3OC(CO)C(O)C(O)C3O)C(O)C2O)C(O)C1O)C(O)/C=C/CCCCCCCCCCCCCCCCCC.